The fourth-order valence-corrected chi connectivity index (χ4v) is 2.56. The molecule has 0 spiro atoms. The van der Waals surface area contributed by atoms with E-state index in [1.165, 1.54) is 0 Å². The zero-order chi connectivity index (χ0) is 15.1. The number of rotatable bonds is 8. The van der Waals surface area contributed by atoms with Gasteiger partial charge in [0, 0.05) is 12.6 Å². The van der Waals surface area contributed by atoms with Gasteiger partial charge in [0.15, 0.2) is 11.5 Å². The van der Waals surface area contributed by atoms with E-state index in [4.69, 9.17) is 15.2 Å². The van der Waals surface area contributed by atoms with Gasteiger partial charge in [0.2, 0.25) is 0 Å². The SMILES string of the molecule is COc1cc(CC(C)N)cc(Br)c1OCCCN(C)C. The predicted molar refractivity (Wildman–Crippen MR) is 86.7 cm³/mol. The van der Waals surface area contributed by atoms with Crippen molar-refractivity contribution in [2.45, 2.75) is 25.8 Å². The Morgan fingerprint density at radius 2 is 2.05 bits per heavy atom. The summed E-state index contributed by atoms with van der Waals surface area (Å²) < 4.78 is 12.2. The lowest BCUT2D eigenvalue weighted by atomic mass is 10.1. The summed E-state index contributed by atoms with van der Waals surface area (Å²) in [5.74, 6) is 1.51. The van der Waals surface area contributed by atoms with Crippen LogP contribution in [0.15, 0.2) is 16.6 Å². The molecule has 4 nitrogen and oxygen atoms in total. The molecule has 20 heavy (non-hydrogen) atoms. The molecule has 0 aliphatic carbocycles. The summed E-state index contributed by atoms with van der Waals surface area (Å²) in [5.41, 5.74) is 6.98. The number of hydrogen-bond acceptors (Lipinski definition) is 4. The maximum absolute atomic E-state index is 5.84. The Labute approximate surface area is 130 Å². The number of halogens is 1. The summed E-state index contributed by atoms with van der Waals surface area (Å²) in [6, 6.07) is 4.17. The molecule has 0 saturated carbocycles. The monoisotopic (exact) mass is 344 g/mol. The summed E-state index contributed by atoms with van der Waals surface area (Å²) in [6.45, 7) is 3.66. The van der Waals surface area contributed by atoms with Crippen molar-refractivity contribution in [1.82, 2.24) is 4.90 Å². The van der Waals surface area contributed by atoms with Crippen LogP contribution < -0.4 is 15.2 Å². The minimum absolute atomic E-state index is 0.124. The van der Waals surface area contributed by atoms with Crippen molar-refractivity contribution in [3.05, 3.63) is 22.2 Å². The highest BCUT2D eigenvalue weighted by atomic mass is 79.9. The van der Waals surface area contributed by atoms with Crippen LogP contribution in [0.4, 0.5) is 0 Å². The molecule has 0 aromatic heterocycles. The van der Waals surface area contributed by atoms with E-state index in [0.29, 0.717) is 6.61 Å². The van der Waals surface area contributed by atoms with Crippen LogP contribution in [-0.2, 0) is 6.42 Å². The lowest BCUT2D eigenvalue weighted by Gasteiger charge is -2.16. The van der Waals surface area contributed by atoms with Crippen molar-refractivity contribution in [2.24, 2.45) is 5.73 Å². The molecular formula is C15H25BrN2O2. The topological polar surface area (TPSA) is 47.7 Å². The Hall–Kier alpha value is -0.780. The molecule has 0 aliphatic rings. The Kier molecular flexibility index (Phi) is 7.34. The highest BCUT2D eigenvalue weighted by Crippen LogP contribution is 2.37. The Bertz CT molecular complexity index is 423. The number of benzene rings is 1. The van der Waals surface area contributed by atoms with Gasteiger partial charge in [-0.05, 0) is 67.5 Å². The third-order valence-corrected chi connectivity index (χ3v) is 3.43. The number of nitrogens with zero attached hydrogens (tertiary/aromatic N) is 1. The van der Waals surface area contributed by atoms with E-state index >= 15 is 0 Å². The number of hydrogen-bond donors (Lipinski definition) is 1. The van der Waals surface area contributed by atoms with Gasteiger partial charge in [0.05, 0.1) is 18.2 Å². The van der Waals surface area contributed by atoms with Crippen molar-refractivity contribution in [1.29, 1.82) is 0 Å². The summed E-state index contributed by atoms with van der Waals surface area (Å²) in [5, 5.41) is 0. The van der Waals surface area contributed by atoms with Crippen LogP contribution >= 0.6 is 15.9 Å². The van der Waals surface area contributed by atoms with Crippen LogP contribution in [0.1, 0.15) is 18.9 Å². The van der Waals surface area contributed by atoms with Gasteiger partial charge in [0.1, 0.15) is 0 Å². The lowest BCUT2D eigenvalue weighted by molar-refractivity contribution is 0.266. The van der Waals surface area contributed by atoms with E-state index < -0.39 is 0 Å². The summed E-state index contributed by atoms with van der Waals surface area (Å²) >= 11 is 3.55. The minimum Gasteiger partial charge on any atom is -0.493 e. The smallest absolute Gasteiger partial charge is 0.175 e. The Morgan fingerprint density at radius 1 is 1.35 bits per heavy atom. The fourth-order valence-electron chi connectivity index (χ4n) is 1.96. The second kappa shape index (κ2) is 8.49. The standard InChI is InChI=1S/C15H25BrN2O2/c1-11(17)8-12-9-13(16)15(14(10-12)19-4)20-7-5-6-18(2)3/h9-11H,5-8,17H2,1-4H3. The van der Waals surface area contributed by atoms with E-state index in [2.05, 4.69) is 34.9 Å². The third-order valence-electron chi connectivity index (χ3n) is 2.84. The molecule has 1 aromatic carbocycles. The molecule has 1 rings (SSSR count). The average molecular weight is 345 g/mol. The van der Waals surface area contributed by atoms with Crippen LogP contribution in [0.25, 0.3) is 0 Å². The van der Waals surface area contributed by atoms with Crippen LogP contribution in [0.5, 0.6) is 11.5 Å². The molecule has 0 bridgehead atoms. The molecule has 0 heterocycles. The van der Waals surface area contributed by atoms with Gasteiger partial charge in [-0.3, -0.25) is 0 Å². The zero-order valence-corrected chi connectivity index (χ0v) is 14.4. The van der Waals surface area contributed by atoms with Gasteiger partial charge >= 0.3 is 0 Å². The summed E-state index contributed by atoms with van der Waals surface area (Å²) in [6.07, 6.45) is 1.79. The predicted octanol–water partition coefficient (Wildman–Crippen LogP) is 2.68. The van der Waals surface area contributed by atoms with Crippen molar-refractivity contribution < 1.29 is 9.47 Å². The molecule has 2 N–H and O–H groups in total. The normalized spacial score (nSPS) is 12.6. The molecule has 1 atom stereocenters. The van der Waals surface area contributed by atoms with E-state index in [1.54, 1.807) is 7.11 Å². The van der Waals surface area contributed by atoms with Gasteiger partial charge in [0.25, 0.3) is 0 Å². The maximum atomic E-state index is 5.84. The number of methoxy groups -OCH3 is 1. The van der Waals surface area contributed by atoms with Gasteiger partial charge in [-0.15, -0.1) is 0 Å². The van der Waals surface area contributed by atoms with Crippen molar-refractivity contribution in [3.8, 4) is 11.5 Å². The maximum Gasteiger partial charge on any atom is 0.175 e. The number of nitrogens with two attached hydrogens (primary N) is 1. The van der Waals surface area contributed by atoms with Gasteiger partial charge in [-0.1, -0.05) is 0 Å². The number of ether oxygens (including phenoxy) is 2. The first-order valence-electron chi connectivity index (χ1n) is 6.83. The highest BCUT2D eigenvalue weighted by Gasteiger charge is 2.12. The Balaban J connectivity index is 2.74. The molecule has 0 fully saturated rings. The molecule has 1 unspecified atom stereocenters. The molecule has 0 radical (unpaired) electrons. The van der Waals surface area contributed by atoms with Gasteiger partial charge < -0.3 is 20.1 Å². The van der Waals surface area contributed by atoms with E-state index in [0.717, 1.165) is 40.9 Å². The fraction of sp³-hybridized carbons (Fsp3) is 0.600. The second-order valence-electron chi connectivity index (χ2n) is 5.30. The van der Waals surface area contributed by atoms with Crippen LogP contribution in [-0.4, -0.2) is 45.3 Å². The van der Waals surface area contributed by atoms with E-state index in [-0.39, 0.29) is 6.04 Å². The molecule has 0 saturated heterocycles. The minimum atomic E-state index is 0.124. The highest BCUT2D eigenvalue weighted by molar-refractivity contribution is 9.10. The van der Waals surface area contributed by atoms with Crippen LogP contribution in [0.2, 0.25) is 0 Å². The molecule has 0 aliphatic heterocycles. The lowest BCUT2D eigenvalue weighted by Crippen LogP contribution is -2.18. The van der Waals surface area contributed by atoms with Crippen LogP contribution in [0, 0.1) is 0 Å². The summed E-state index contributed by atoms with van der Waals surface area (Å²) in [4.78, 5) is 2.14. The zero-order valence-electron chi connectivity index (χ0n) is 12.8. The first-order chi connectivity index (χ1) is 9.43. The van der Waals surface area contributed by atoms with E-state index in [9.17, 15) is 0 Å². The second-order valence-corrected chi connectivity index (χ2v) is 6.15. The Morgan fingerprint density at radius 3 is 2.60 bits per heavy atom. The summed E-state index contributed by atoms with van der Waals surface area (Å²) in [7, 11) is 5.77. The molecule has 1 aromatic rings. The van der Waals surface area contributed by atoms with Crippen molar-refractivity contribution in [3.63, 3.8) is 0 Å². The van der Waals surface area contributed by atoms with Gasteiger partial charge in [-0.25, -0.2) is 0 Å². The van der Waals surface area contributed by atoms with Gasteiger partial charge in [-0.2, -0.15) is 0 Å². The van der Waals surface area contributed by atoms with Crippen molar-refractivity contribution >= 4 is 15.9 Å². The molecule has 0 amide bonds. The first kappa shape index (κ1) is 17.3. The largest absolute Gasteiger partial charge is 0.493 e. The molecule has 114 valence electrons. The molecular weight excluding hydrogens is 320 g/mol. The van der Waals surface area contributed by atoms with E-state index in [1.807, 2.05) is 19.1 Å². The molecule has 5 heteroatoms. The average Bonchev–Trinajstić information content (AvgIpc) is 2.34. The quantitative estimate of drug-likeness (QED) is 0.736. The third kappa shape index (κ3) is 5.69. The first-order valence-corrected chi connectivity index (χ1v) is 7.62. The van der Waals surface area contributed by atoms with Crippen LogP contribution in [0.3, 0.4) is 0 Å². The van der Waals surface area contributed by atoms with Crippen molar-refractivity contribution in [2.75, 3.05) is 34.4 Å².